The van der Waals surface area contributed by atoms with Crippen LogP contribution in [0.15, 0.2) is 75.0 Å². The van der Waals surface area contributed by atoms with Crippen molar-refractivity contribution < 1.29 is 14.1 Å². The molecular formula is C25H20BrFN4O4. The zero-order valence-corrected chi connectivity index (χ0v) is 20.2. The number of nitrogens with zero attached hydrogens (tertiary/aromatic N) is 4. The second-order valence-electron chi connectivity index (χ2n) is 7.67. The Morgan fingerprint density at radius 2 is 2.00 bits per heavy atom. The van der Waals surface area contributed by atoms with Gasteiger partial charge in [0.2, 0.25) is 0 Å². The highest BCUT2D eigenvalue weighted by Crippen LogP contribution is 2.28. The second-order valence-corrected chi connectivity index (χ2v) is 8.58. The van der Waals surface area contributed by atoms with Gasteiger partial charge in [0.15, 0.2) is 5.75 Å². The summed E-state index contributed by atoms with van der Waals surface area (Å²) in [4.78, 5) is 28.7. The highest BCUT2D eigenvalue weighted by Gasteiger charge is 2.17. The maximum atomic E-state index is 13.8. The predicted octanol–water partition coefficient (Wildman–Crippen LogP) is 5.62. The first-order valence-electron chi connectivity index (χ1n) is 10.8. The Morgan fingerprint density at radius 3 is 2.74 bits per heavy atom. The molecule has 0 aliphatic heterocycles. The molecule has 0 radical (unpaired) electrons. The van der Waals surface area contributed by atoms with Crippen molar-refractivity contribution >= 4 is 38.7 Å². The smallest absolute Gasteiger partial charge is 0.311 e. The van der Waals surface area contributed by atoms with Gasteiger partial charge < -0.3 is 4.74 Å². The molecule has 0 aliphatic rings. The number of ether oxygens (including phenoxy) is 1. The molecule has 0 saturated heterocycles. The van der Waals surface area contributed by atoms with Crippen LogP contribution in [0.1, 0.15) is 30.3 Å². The van der Waals surface area contributed by atoms with Crippen LogP contribution in [-0.2, 0) is 13.0 Å². The first kappa shape index (κ1) is 24.2. The van der Waals surface area contributed by atoms with Gasteiger partial charge in [-0.25, -0.2) is 9.37 Å². The molecule has 0 unspecified atom stereocenters. The van der Waals surface area contributed by atoms with Crippen molar-refractivity contribution in [2.75, 3.05) is 0 Å². The molecule has 0 aliphatic carbocycles. The van der Waals surface area contributed by atoms with E-state index in [0.29, 0.717) is 28.7 Å². The summed E-state index contributed by atoms with van der Waals surface area (Å²) in [7, 11) is 0. The third kappa shape index (κ3) is 5.43. The maximum absolute atomic E-state index is 13.8. The molecule has 0 bridgehead atoms. The highest BCUT2D eigenvalue weighted by molar-refractivity contribution is 9.10. The fourth-order valence-corrected chi connectivity index (χ4v) is 3.84. The Kier molecular flexibility index (Phi) is 7.31. The Morgan fingerprint density at radius 1 is 1.20 bits per heavy atom. The van der Waals surface area contributed by atoms with Crippen LogP contribution in [-0.4, -0.2) is 20.8 Å². The molecule has 0 saturated carbocycles. The molecule has 0 amide bonds. The summed E-state index contributed by atoms with van der Waals surface area (Å²) in [6, 6.07) is 15.6. The summed E-state index contributed by atoms with van der Waals surface area (Å²) in [5, 5.41) is 16.3. The third-order valence-electron chi connectivity index (χ3n) is 5.19. The average Bonchev–Trinajstić information content (AvgIpc) is 2.84. The van der Waals surface area contributed by atoms with Gasteiger partial charge >= 0.3 is 5.69 Å². The van der Waals surface area contributed by atoms with Gasteiger partial charge in [0.05, 0.1) is 22.0 Å². The summed E-state index contributed by atoms with van der Waals surface area (Å²) < 4.78 is 21.3. The number of rotatable bonds is 8. The van der Waals surface area contributed by atoms with Crippen LogP contribution in [0.2, 0.25) is 0 Å². The standard InChI is InChI=1S/C25H20BrFN4O4/c1-2-5-24-29-21-10-9-18(26)13-19(21)25(32)30(24)28-14-16-8-11-23(22(12-16)31(33)34)35-15-17-6-3-4-7-20(17)27/h3-4,6-14H,2,5,15H2,1H3. The molecule has 178 valence electrons. The molecule has 4 aromatic rings. The van der Waals surface area contributed by atoms with E-state index >= 15 is 0 Å². The van der Waals surface area contributed by atoms with Crippen molar-refractivity contribution in [2.24, 2.45) is 5.10 Å². The first-order valence-corrected chi connectivity index (χ1v) is 11.6. The van der Waals surface area contributed by atoms with Crippen molar-refractivity contribution in [3.8, 4) is 5.75 Å². The monoisotopic (exact) mass is 538 g/mol. The topological polar surface area (TPSA) is 99.6 Å². The highest BCUT2D eigenvalue weighted by atomic mass is 79.9. The van der Waals surface area contributed by atoms with Gasteiger partial charge in [-0.2, -0.15) is 9.78 Å². The van der Waals surface area contributed by atoms with Crippen LogP contribution in [0.5, 0.6) is 5.75 Å². The van der Waals surface area contributed by atoms with E-state index in [1.807, 2.05) is 13.0 Å². The van der Waals surface area contributed by atoms with E-state index in [0.717, 1.165) is 10.9 Å². The van der Waals surface area contributed by atoms with Crippen LogP contribution >= 0.6 is 15.9 Å². The van der Waals surface area contributed by atoms with E-state index < -0.39 is 10.7 Å². The van der Waals surface area contributed by atoms with E-state index in [2.05, 4.69) is 26.0 Å². The normalized spacial score (nSPS) is 11.3. The van der Waals surface area contributed by atoms with E-state index in [1.54, 1.807) is 36.4 Å². The molecule has 3 aromatic carbocycles. The second kappa shape index (κ2) is 10.6. The van der Waals surface area contributed by atoms with Crippen molar-refractivity contribution in [1.82, 2.24) is 9.66 Å². The molecule has 1 heterocycles. The maximum Gasteiger partial charge on any atom is 0.311 e. The van der Waals surface area contributed by atoms with Gasteiger partial charge in [-0.15, -0.1) is 0 Å². The number of hydrogen-bond donors (Lipinski definition) is 0. The number of nitro benzene ring substituents is 1. The molecule has 35 heavy (non-hydrogen) atoms. The molecule has 8 nitrogen and oxygen atoms in total. The molecule has 4 rings (SSSR count). The predicted molar refractivity (Wildman–Crippen MR) is 135 cm³/mol. The van der Waals surface area contributed by atoms with Gasteiger partial charge in [0.1, 0.15) is 18.2 Å². The number of aromatic nitrogens is 2. The fraction of sp³-hybridized carbons (Fsp3) is 0.160. The molecular weight excluding hydrogens is 519 g/mol. The van der Waals surface area contributed by atoms with Crippen molar-refractivity contribution in [1.29, 1.82) is 0 Å². The van der Waals surface area contributed by atoms with Gasteiger partial charge in [0.25, 0.3) is 5.56 Å². The Balaban J connectivity index is 1.67. The minimum absolute atomic E-state index is 0.00327. The third-order valence-corrected chi connectivity index (χ3v) is 5.69. The molecule has 0 fully saturated rings. The van der Waals surface area contributed by atoms with E-state index in [-0.39, 0.29) is 29.2 Å². The van der Waals surface area contributed by atoms with E-state index in [9.17, 15) is 19.3 Å². The summed E-state index contributed by atoms with van der Waals surface area (Å²) in [6.45, 7) is 1.81. The quantitative estimate of drug-likeness (QED) is 0.164. The van der Waals surface area contributed by atoms with Crippen molar-refractivity contribution in [3.63, 3.8) is 0 Å². The molecule has 10 heteroatoms. The van der Waals surface area contributed by atoms with Gasteiger partial charge in [-0.3, -0.25) is 14.9 Å². The number of nitro groups is 1. The Bertz CT molecular complexity index is 1500. The number of halogens is 2. The van der Waals surface area contributed by atoms with Crippen molar-refractivity contribution in [2.45, 2.75) is 26.4 Å². The van der Waals surface area contributed by atoms with E-state index in [4.69, 9.17) is 4.74 Å². The first-order chi connectivity index (χ1) is 16.9. The number of hydrogen-bond acceptors (Lipinski definition) is 6. The Hall–Kier alpha value is -3.92. The van der Waals surface area contributed by atoms with Crippen LogP contribution < -0.4 is 10.3 Å². The van der Waals surface area contributed by atoms with Gasteiger partial charge in [-0.1, -0.05) is 41.1 Å². The van der Waals surface area contributed by atoms with Crippen LogP contribution in [0.4, 0.5) is 10.1 Å². The average molecular weight is 539 g/mol. The van der Waals surface area contributed by atoms with E-state index in [1.165, 1.54) is 29.1 Å². The largest absolute Gasteiger partial charge is 0.482 e. The van der Waals surface area contributed by atoms with Crippen LogP contribution in [0.3, 0.4) is 0 Å². The van der Waals surface area contributed by atoms with Crippen LogP contribution in [0, 0.1) is 15.9 Å². The number of benzene rings is 3. The fourth-order valence-electron chi connectivity index (χ4n) is 3.47. The molecule has 1 aromatic heterocycles. The molecule has 0 atom stereocenters. The summed E-state index contributed by atoms with van der Waals surface area (Å²) in [5.41, 5.74) is 0.603. The minimum atomic E-state index is -0.586. The zero-order valence-electron chi connectivity index (χ0n) is 18.6. The summed E-state index contributed by atoms with van der Waals surface area (Å²) >= 11 is 3.36. The lowest BCUT2D eigenvalue weighted by Gasteiger charge is -2.09. The lowest BCUT2D eigenvalue weighted by atomic mass is 10.2. The number of fused-ring (bicyclic) bond motifs is 1. The van der Waals surface area contributed by atoms with Crippen LogP contribution in [0.25, 0.3) is 10.9 Å². The van der Waals surface area contributed by atoms with Gasteiger partial charge in [-0.05, 0) is 42.8 Å². The number of aryl methyl sites for hydroxylation is 1. The minimum Gasteiger partial charge on any atom is -0.482 e. The molecule has 0 N–H and O–H groups in total. The Labute approximate surface area is 208 Å². The zero-order chi connectivity index (χ0) is 24.9. The lowest BCUT2D eigenvalue weighted by molar-refractivity contribution is -0.386. The summed E-state index contributed by atoms with van der Waals surface area (Å²) in [6.07, 6.45) is 2.64. The lowest BCUT2D eigenvalue weighted by Crippen LogP contribution is -2.22. The molecule has 0 spiro atoms. The van der Waals surface area contributed by atoms with Gasteiger partial charge in [0, 0.05) is 28.1 Å². The summed E-state index contributed by atoms with van der Waals surface area (Å²) in [5.74, 6) is 0.0302. The SMILES string of the molecule is CCCc1nc2ccc(Br)cc2c(=O)n1N=Cc1ccc(OCc2ccccc2F)c([N+](=O)[O-])c1. The van der Waals surface area contributed by atoms with Crippen molar-refractivity contribution in [3.05, 3.63) is 108 Å².